The minimum atomic E-state index is -4.16. The third-order valence-electron chi connectivity index (χ3n) is 3.57. The molecule has 0 saturated carbocycles. The van der Waals surface area contributed by atoms with Gasteiger partial charge >= 0.3 is 6.18 Å². The predicted molar refractivity (Wildman–Crippen MR) is 65.4 cm³/mol. The number of alkyl halides is 3. The van der Waals surface area contributed by atoms with E-state index < -0.39 is 18.6 Å². The van der Waals surface area contributed by atoms with E-state index in [1.807, 2.05) is 18.2 Å². The van der Waals surface area contributed by atoms with Crippen LogP contribution in [0.25, 0.3) is 0 Å². The van der Waals surface area contributed by atoms with Gasteiger partial charge in [0.1, 0.15) is 0 Å². The Morgan fingerprint density at radius 3 is 2.72 bits per heavy atom. The summed E-state index contributed by atoms with van der Waals surface area (Å²) in [4.78, 5) is 0. The predicted octanol–water partition coefficient (Wildman–Crippen LogP) is 3.78. The second-order valence-electron chi connectivity index (χ2n) is 5.10. The lowest BCUT2D eigenvalue weighted by Crippen LogP contribution is -2.30. The van der Waals surface area contributed by atoms with E-state index in [1.165, 1.54) is 11.1 Å². The van der Waals surface area contributed by atoms with E-state index in [4.69, 9.17) is 5.73 Å². The highest BCUT2D eigenvalue weighted by Gasteiger charge is 2.32. The maximum atomic E-state index is 12.3. The molecule has 2 unspecified atom stereocenters. The van der Waals surface area contributed by atoms with Gasteiger partial charge in [-0.15, -0.1) is 0 Å². The summed E-state index contributed by atoms with van der Waals surface area (Å²) in [5.74, 6) is 0.187. The Labute approximate surface area is 105 Å². The van der Waals surface area contributed by atoms with Gasteiger partial charge in [0.15, 0.2) is 0 Å². The van der Waals surface area contributed by atoms with Gasteiger partial charge in [-0.1, -0.05) is 24.3 Å². The zero-order valence-corrected chi connectivity index (χ0v) is 10.2. The second-order valence-corrected chi connectivity index (χ2v) is 5.10. The van der Waals surface area contributed by atoms with Gasteiger partial charge in [-0.2, -0.15) is 13.2 Å². The van der Waals surface area contributed by atoms with E-state index in [1.54, 1.807) is 0 Å². The number of nitrogens with two attached hydrogens (primary N) is 1. The monoisotopic (exact) mass is 257 g/mol. The SMILES string of the molecule is NC(CC1CCCc2ccccc21)CC(F)(F)F. The third kappa shape index (κ3) is 3.48. The quantitative estimate of drug-likeness (QED) is 0.876. The molecule has 2 atom stereocenters. The van der Waals surface area contributed by atoms with Crippen LogP contribution in [0.15, 0.2) is 24.3 Å². The van der Waals surface area contributed by atoms with E-state index in [0.717, 1.165) is 19.3 Å². The van der Waals surface area contributed by atoms with Crippen LogP contribution < -0.4 is 5.73 Å². The minimum absolute atomic E-state index is 0.187. The molecule has 1 aliphatic rings. The lowest BCUT2D eigenvalue weighted by molar-refractivity contribution is -0.138. The highest BCUT2D eigenvalue weighted by atomic mass is 19.4. The maximum Gasteiger partial charge on any atom is 0.390 e. The first-order valence-corrected chi connectivity index (χ1v) is 6.36. The fraction of sp³-hybridized carbons (Fsp3) is 0.571. The van der Waals surface area contributed by atoms with Crippen LogP contribution in [-0.2, 0) is 6.42 Å². The van der Waals surface area contributed by atoms with Crippen molar-refractivity contribution in [3.8, 4) is 0 Å². The lowest BCUT2D eigenvalue weighted by Gasteiger charge is -2.28. The normalized spacial score (nSPS) is 21.4. The van der Waals surface area contributed by atoms with E-state index in [2.05, 4.69) is 6.07 Å². The molecule has 0 aromatic heterocycles. The summed E-state index contributed by atoms with van der Waals surface area (Å²) in [6.45, 7) is 0. The summed E-state index contributed by atoms with van der Waals surface area (Å²) in [6.07, 6.45) is -1.60. The van der Waals surface area contributed by atoms with Crippen molar-refractivity contribution in [3.05, 3.63) is 35.4 Å². The molecule has 18 heavy (non-hydrogen) atoms. The maximum absolute atomic E-state index is 12.3. The number of rotatable bonds is 3. The van der Waals surface area contributed by atoms with Crippen LogP contribution >= 0.6 is 0 Å². The van der Waals surface area contributed by atoms with Crippen LogP contribution in [0.2, 0.25) is 0 Å². The lowest BCUT2D eigenvalue weighted by atomic mass is 9.79. The first kappa shape index (κ1) is 13.4. The van der Waals surface area contributed by atoms with Crippen LogP contribution in [0.1, 0.15) is 42.7 Å². The Hall–Kier alpha value is -1.03. The van der Waals surface area contributed by atoms with Crippen LogP contribution in [0.3, 0.4) is 0 Å². The second kappa shape index (κ2) is 5.31. The van der Waals surface area contributed by atoms with Crippen molar-refractivity contribution >= 4 is 0 Å². The first-order chi connectivity index (χ1) is 8.46. The molecule has 0 spiro atoms. The van der Waals surface area contributed by atoms with Gasteiger partial charge in [0.2, 0.25) is 0 Å². The van der Waals surface area contributed by atoms with Crippen LogP contribution in [0.4, 0.5) is 13.2 Å². The van der Waals surface area contributed by atoms with Crippen LogP contribution in [0.5, 0.6) is 0 Å². The summed E-state index contributed by atoms with van der Waals surface area (Å²) in [7, 11) is 0. The fourth-order valence-corrected chi connectivity index (χ4v) is 2.85. The molecule has 1 aromatic carbocycles. The first-order valence-electron chi connectivity index (χ1n) is 6.36. The minimum Gasteiger partial charge on any atom is -0.327 e. The van der Waals surface area contributed by atoms with Gasteiger partial charge < -0.3 is 5.73 Å². The van der Waals surface area contributed by atoms with E-state index in [0.29, 0.717) is 6.42 Å². The molecule has 2 rings (SSSR count). The topological polar surface area (TPSA) is 26.0 Å². The smallest absolute Gasteiger partial charge is 0.327 e. The van der Waals surface area contributed by atoms with Crippen molar-refractivity contribution in [2.75, 3.05) is 0 Å². The zero-order chi connectivity index (χ0) is 13.2. The van der Waals surface area contributed by atoms with Gasteiger partial charge in [-0.05, 0) is 42.7 Å². The summed E-state index contributed by atoms with van der Waals surface area (Å²) in [5, 5.41) is 0. The number of hydrogen-bond acceptors (Lipinski definition) is 1. The molecule has 1 aromatic rings. The largest absolute Gasteiger partial charge is 0.390 e. The molecular formula is C14H18F3N. The highest BCUT2D eigenvalue weighted by Crippen LogP contribution is 2.35. The van der Waals surface area contributed by atoms with Gasteiger partial charge in [-0.25, -0.2) is 0 Å². The summed E-state index contributed by atoms with van der Waals surface area (Å²) >= 11 is 0. The Kier molecular flexibility index (Phi) is 3.95. The van der Waals surface area contributed by atoms with Crippen molar-refractivity contribution in [1.82, 2.24) is 0 Å². The van der Waals surface area contributed by atoms with Gasteiger partial charge in [0.05, 0.1) is 6.42 Å². The fourth-order valence-electron chi connectivity index (χ4n) is 2.85. The molecule has 0 fully saturated rings. The molecule has 1 aliphatic carbocycles. The molecule has 0 aliphatic heterocycles. The number of aryl methyl sites for hydroxylation is 1. The van der Waals surface area contributed by atoms with Crippen LogP contribution in [-0.4, -0.2) is 12.2 Å². The summed E-state index contributed by atoms with van der Waals surface area (Å²) in [5.41, 5.74) is 8.09. The molecule has 0 amide bonds. The summed E-state index contributed by atoms with van der Waals surface area (Å²) in [6, 6.07) is 7.24. The summed E-state index contributed by atoms with van der Waals surface area (Å²) < 4.78 is 36.8. The average molecular weight is 257 g/mol. The number of halogens is 3. The molecule has 2 N–H and O–H groups in total. The molecule has 0 heterocycles. The van der Waals surface area contributed by atoms with Crippen molar-refractivity contribution < 1.29 is 13.2 Å². The zero-order valence-electron chi connectivity index (χ0n) is 10.2. The molecule has 1 nitrogen and oxygen atoms in total. The Morgan fingerprint density at radius 1 is 1.28 bits per heavy atom. The van der Waals surface area contributed by atoms with Gasteiger partial charge in [0, 0.05) is 6.04 Å². The van der Waals surface area contributed by atoms with Crippen molar-refractivity contribution in [1.29, 1.82) is 0 Å². The Bertz CT molecular complexity index is 400. The van der Waals surface area contributed by atoms with Crippen molar-refractivity contribution in [2.24, 2.45) is 5.73 Å². The molecule has 100 valence electrons. The third-order valence-corrected chi connectivity index (χ3v) is 3.57. The standard InChI is InChI=1S/C14H18F3N/c15-14(16,17)9-12(18)8-11-6-3-5-10-4-1-2-7-13(10)11/h1-2,4,7,11-12H,3,5-6,8-9,18H2. The van der Waals surface area contributed by atoms with Gasteiger partial charge in [0.25, 0.3) is 0 Å². The average Bonchev–Trinajstić information content (AvgIpc) is 2.27. The van der Waals surface area contributed by atoms with E-state index >= 15 is 0 Å². The molecule has 0 bridgehead atoms. The molecule has 0 saturated heterocycles. The van der Waals surface area contributed by atoms with Crippen molar-refractivity contribution in [2.45, 2.75) is 50.2 Å². The molecular weight excluding hydrogens is 239 g/mol. The van der Waals surface area contributed by atoms with E-state index in [9.17, 15) is 13.2 Å². The Morgan fingerprint density at radius 2 is 2.00 bits per heavy atom. The highest BCUT2D eigenvalue weighted by molar-refractivity contribution is 5.32. The van der Waals surface area contributed by atoms with E-state index in [-0.39, 0.29) is 5.92 Å². The number of fused-ring (bicyclic) bond motifs is 1. The van der Waals surface area contributed by atoms with Crippen molar-refractivity contribution in [3.63, 3.8) is 0 Å². The van der Waals surface area contributed by atoms with Gasteiger partial charge in [-0.3, -0.25) is 0 Å². The molecule has 4 heteroatoms. The van der Waals surface area contributed by atoms with Crippen LogP contribution in [0, 0.1) is 0 Å². The number of hydrogen-bond donors (Lipinski definition) is 1. The molecule has 0 radical (unpaired) electrons. The number of benzene rings is 1. The Balaban J connectivity index is 2.03.